The normalized spacial score (nSPS) is 10.2. The maximum atomic E-state index is 11.0. The number of hydrogen-bond acceptors (Lipinski definition) is 3. The lowest BCUT2D eigenvalue weighted by atomic mass is 10.1. The number of carboxylic acids is 1. The number of fused-ring (bicyclic) bond motifs is 1. The number of rotatable bonds is 2. The van der Waals surface area contributed by atoms with Crippen LogP contribution in [-0.2, 0) is 4.79 Å². The van der Waals surface area contributed by atoms with E-state index in [9.17, 15) is 9.59 Å². The number of carbonyl (C=O) groups excluding carboxylic acids is 1. The lowest BCUT2D eigenvalue weighted by molar-refractivity contribution is -0.114. The smallest absolute Gasteiger partial charge is 0.354 e. The average Bonchev–Trinajstić information content (AvgIpc) is 2.28. The Morgan fingerprint density at radius 2 is 2.00 bits per heavy atom. The summed E-state index contributed by atoms with van der Waals surface area (Å²) >= 11 is 0. The number of amides is 1. The molecule has 1 heterocycles. The van der Waals surface area contributed by atoms with Gasteiger partial charge < -0.3 is 10.4 Å². The molecule has 0 unspecified atom stereocenters. The van der Waals surface area contributed by atoms with Crippen LogP contribution < -0.4 is 5.32 Å². The molecule has 0 spiro atoms. The largest absolute Gasteiger partial charge is 0.477 e. The van der Waals surface area contributed by atoms with Gasteiger partial charge in [-0.3, -0.25) is 4.79 Å². The molecule has 0 radical (unpaired) electrons. The van der Waals surface area contributed by atoms with Crippen LogP contribution in [0.25, 0.3) is 10.9 Å². The molecule has 0 atom stereocenters. The Morgan fingerprint density at radius 1 is 1.24 bits per heavy atom. The minimum Gasteiger partial charge on any atom is -0.477 e. The van der Waals surface area contributed by atoms with E-state index in [1.54, 1.807) is 24.3 Å². The third-order valence-corrected chi connectivity index (χ3v) is 2.25. The third-order valence-electron chi connectivity index (χ3n) is 2.25. The van der Waals surface area contributed by atoms with E-state index in [4.69, 9.17) is 5.11 Å². The van der Waals surface area contributed by atoms with E-state index in [0.717, 1.165) is 5.39 Å². The SMILES string of the molecule is CC(=O)Nc1cccc2ccc(C(=O)O)nc12. The van der Waals surface area contributed by atoms with Crippen molar-refractivity contribution in [1.82, 2.24) is 4.98 Å². The van der Waals surface area contributed by atoms with Crippen molar-refractivity contribution in [2.75, 3.05) is 5.32 Å². The van der Waals surface area contributed by atoms with Gasteiger partial charge >= 0.3 is 5.97 Å². The number of pyridine rings is 1. The van der Waals surface area contributed by atoms with Gasteiger partial charge in [0.2, 0.25) is 5.91 Å². The first-order valence-corrected chi connectivity index (χ1v) is 4.98. The second-order valence-corrected chi connectivity index (χ2v) is 3.56. The minimum absolute atomic E-state index is 0.0460. The third kappa shape index (κ3) is 2.23. The summed E-state index contributed by atoms with van der Waals surface area (Å²) in [7, 11) is 0. The highest BCUT2D eigenvalue weighted by atomic mass is 16.4. The highest BCUT2D eigenvalue weighted by molar-refractivity contribution is 6.00. The Morgan fingerprint density at radius 3 is 2.65 bits per heavy atom. The molecule has 0 aliphatic rings. The van der Waals surface area contributed by atoms with E-state index in [2.05, 4.69) is 10.3 Å². The van der Waals surface area contributed by atoms with Crippen molar-refractivity contribution in [3.63, 3.8) is 0 Å². The molecular weight excluding hydrogens is 220 g/mol. The standard InChI is InChI=1S/C12H10N2O3/c1-7(15)13-9-4-2-3-8-5-6-10(12(16)17)14-11(8)9/h2-6H,1H3,(H,13,15)(H,16,17). The monoisotopic (exact) mass is 230 g/mol. The van der Waals surface area contributed by atoms with Gasteiger partial charge in [-0.05, 0) is 12.1 Å². The molecule has 0 saturated carbocycles. The van der Waals surface area contributed by atoms with Crippen LogP contribution in [0.15, 0.2) is 30.3 Å². The Labute approximate surface area is 97.1 Å². The Bertz CT molecular complexity index is 608. The van der Waals surface area contributed by atoms with Gasteiger partial charge in [-0.1, -0.05) is 18.2 Å². The minimum atomic E-state index is -1.09. The van der Waals surface area contributed by atoms with Crippen LogP contribution in [0.4, 0.5) is 5.69 Å². The topological polar surface area (TPSA) is 79.3 Å². The van der Waals surface area contributed by atoms with Gasteiger partial charge in [0.05, 0.1) is 11.2 Å². The summed E-state index contributed by atoms with van der Waals surface area (Å²) in [6, 6.07) is 8.36. The van der Waals surface area contributed by atoms with Crippen LogP contribution in [0.2, 0.25) is 0 Å². The fourth-order valence-corrected chi connectivity index (χ4v) is 1.56. The van der Waals surface area contributed by atoms with E-state index in [-0.39, 0.29) is 11.6 Å². The van der Waals surface area contributed by atoms with Crippen molar-refractivity contribution in [1.29, 1.82) is 0 Å². The molecule has 2 rings (SSSR count). The molecule has 1 aromatic heterocycles. The number of anilines is 1. The summed E-state index contributed by atoms with van der Waals surface area (Å²) in [6.45, 7) is 1.39. The van der Waals surface area contributed by atoms with Crippen LogP contribution in [-0.4, -0.2) is 22.0 Å². The van der Waals surface area contributed by atoms with Gasteiger partial charge in [0, 0.05) is 12.3 Å². The van der Waals surface area contributed by atoms with Crippen molar-refractivity contribution in [3.05, 3.63) is 36.0 Å². The molecule has 0 aliphatic carbocycles. The Kier molecular flexibility index (Phi) is 2.74. The quantitative estimate of drug-likeness (QED) is 0.825. The molecule has 1 aromatic carbocycles. The summed E-state index contributed by atoms with van der Waals surface area (Å²) in [5, 5.41) is 12.3. The van der Waals surface area contributed by atoms with Crippen molar-refractivity contribution in [3.8, 4) is 0 Å². The summed E-state index contributed by atoms with van der Waals surface area (Å²) in [5.41, 5.74) is 0.941. The number of carbonyl (C=O) groups is 2. The number of nitrogens with zero attached hydrogens (tertiary/aromatic N) is 1. The summed E-state index contributed by atoms with van der Waals surface area (Å²) in [6.07, 6.45) is 0. The van der Waals surface area contributed by atoms with Crippen LogP contribution in [0, 0.1) is 0 Å². The molecule has 2 aromatic rings. The number of benzene rings is 1. The van der Waals surface area contributed by atoms with Crippen molar-refractivity contribution >= 4 is 28.5 Å². The molecule has 17 heavy (non-hydrogen) atoms. The number of aromatic carboxylic acids is 1. The molecule has 5 heteroatoms. The number of aromatic nitrogens is 1. The summed E-state index contributed by atoms with van der Waals surface area (Å²) < 4.78 is 0. The second kappa shape index (κ2) is 4.21. The molecule has 86 valence electrons. The molecule has 0 saturated heterocycles. The van der Waals surface area contributed by atoms with Gasteiger partial charge in [0.1, 0.15) is 5.69 Å². The predicted octanol–water partition coefficient (Wildman–Crippen LogP) is 1.89. The molecule has 0 fully saturated rings. The fraction of sp³-hybridized carbons (Fsp3) is 0.0833. The number of carboxylic acid groups (broad SMARTS) is 1. The molecule has 1 amide bonds. The Balaban J connectivity index is 2.63. The zero-order chi connectivity index (χ0) is 12.4. The van der Waals surface area contributed by atoms with E-state index < -0.39 is 5.97 Å². The van der Waals surface area contributed by atoms with Gasteiger partial charge in [0.15, 0.2) is 0 Å². The molecular formula is C12H10N2O3. The van der Waals surface area contributed by atoms with Gasteiger partial charge in [-0.15, -0.1) is 0 Å². The maximum absolute atomic E-state index is 11.0. The first-order valence-electron chi connectivity index (χ1n) is 4.98. The lowest BCUT2D eigenvalue weighted by Crippen LogP contribution is -2.07. The number of nitrogens with one attached hydrogen (secondary N) is 1. The highest BCUT2D eigenvalue weighted by Gasteiger charge is 2.08. The summed E-state index contributed by atoms with van der Waals surface area (Å²) in [4.78, 5) is 25.9. The van der Waals surface area contributed by atoms with Crippen LogP contribution >= 0.6 is 0 Å². The molecule has 5 nitrogen and oxygen atoms in total. The van der Waals surface area contributed by atoms with Gasteiger partial charge in [-0.25, -0.2) is 9.78 Å². The predicted molar refractivity (Wildman–Crippen MR) is 63.0 cm³/mol. The van der Waals surface area contributed by atoms with Gasteiger partial charge in [-0.2, -0.15) is 0 Å². The molecule has 0 aliphatic heterocycles. The fourth-order valence-electron chi connectivity index (χ4n) is 1.56. The van der Waals surface area contributed by atoms with E-state index in [1.807, 2.05) is 0 Å². The second-order valence-electron chi connectivity index (χ2n) is 3.56. The van der Waals surface area contributed by atoms with E-state index >= 15 is 0 Å². The van der Waals surface area contributed by atoms with Crippen molar-refractivity contribution in [2.24, 2.45) is 0 Å². The first-order chi connectivity index (χ1) is 8.08. The van der Waals surface area contributed by atoms with E-state index in [0.29, 0.717) is 11.2 Å². The summed E-state index contributed by atoms with van der Waals surface area (Å²) in [5.74, 6) is -1.32. The highest BCUT2D eigenvalue weighted by Crippen LogP contribution is 2.21. The van der Waals surface area contributed by atoms with Crippen LogP contribution in [0.5, 0.6) is 0 Å². The molecule has 2 N–H and O–H groups in total. The maximum Gasteiger partial charge on any atom is 0.354 e. The van der Waals surface area contributed by atoms with Crippen LogP contribution in [0.1, 0.15) is 17.4 Å². The zero-order valence-corrected chi connectivity index (χ0v) is 9.10. The number of hydrogen-bond donors (Lipinski definition) is 2. The van der Waals surface area contributed by atoms with Crippen molar-refractivity contribution in [2.45, 2.75) is 6.92 Å². The lowest BCUT2D eigenvalue weighted by Gasteiger charge is -2.06. The van der Waals surface area contributed by atoms with E-state index in [1.165, 1.54) is 13.0 Å². The molecule has 0 bridgehead atoms. The zero-order valence-electron chi connectivity index (χ0n) is 9.10. The average molecular weight is 230 g/mol. The first kappa shape index (κ1) is 11.1. The Hall–Kier alpha value is -2.43. The van der Waals surface area contributed by atoms with Crippen molar-refractivity contribution < 1.29 is 14.7 Å². The van der Waals surface area contributed by atoms with Gasteiger partial charge in [0.25, 0.3) is 0 Å². The number of para-hydroxylation sites is 1. The van der Waals surface area contributed by atoms with Crippen LogP contribution in [0.3, 0.4) is 0 Å².